The quantitative estimate of drug-likeness (QED) is 0.329. The maximum atomic E-state index is 13.3. The Balaban J connectivity index is 1.39. The van der Waals surface area contributed by atoms with Crippen molar-refractivity contribution in [2.24, 2.45) is 5.10 Å². The topological polar surface area (TPSA) is 94.2 Å². The lowest BCUT2D eigenvalue weighted by Crippen LogP contribution is -2.31. The molecule has 0 saturated carbocycles. The van der Waals surface area contributed by atoms with Crippen LogP contribution < -0.4 is 0 Å². The van der Waals surface area contributed by atoms with E-state index >= 15 is 0 Å². The van der Waals surface area contributed by atoms with Gasteiger partial charge in [0.1, 0.15) is 11.8 Å². The molecule has 0 radical (unpaired) electrons. The number of hydrazone groups is 1. The minimum absolute atomic E-state index is 0.140. The normalized spacial score (nSPS) is 15.2. The van der Waals surface area contributed by atoms with Crippen LogP contribution in [-0.4, -0.2) is 41.3 Å². The zero-order chi connectivity index (χ0) is 25.9. The molecule has 1 atom stereocenters. The Hall–Kier alpha value is -4.30. The smallest absolute Gasteiger partial charge is 0.340 e. The molecule has 5 rings (SSSR count). The Morgan fingerprint density at radius 1 is 1.05 bits per heavy atom. The van der Waals surface area contributed by atoms with E-state index in [2.05, 4.69) is 10.1 Å². The highest BCUT2D eigenvalue weighted by Gasteiger charge is 2.35. The van der Waals surface area contributed by atoms with Crippen molar-refractivity contribution >= 4 is 28.5 Å². The van der Waals surface area contributed by atoms with Gasteiger partial charge < -0.3 is 13.9 Å². The standard InChI is InChI=1S/C29H27N3O5/c1-18-10-12-20(13-11-18)23-15-25(26-9-6-14-36-26)32(31-23)27(33)17-37-29(34)28-19(2)21-7-4-5-8-22(21)30-24(28)16-35-3/h4-14,25H,15-17H2,1-3H3. The van der Waals surface area contributed by atoms with E-state index in [0.717, 1.165) is 33.3 Å². The Morgan fingerprint density at radius 3 is 2.57 bits per heavy atom. The number of aryl methyl sites for hydroxylation is 2. The lowest BCUT2D eigenvalue weighted by molar-refractivity contribution is -0.136. The lowest BCUT2D eigenvalue weighted by Gasteiger charge is -2.20. The molecule has 37 heavy (non-hydrogen) atoms. The fraction of sp³-hybridized carbons (Fsp3) is 0.241. The van der Waals surface area contributed by atoms with Gasteiger partial charge in [-0.3, -0.25) is 4.79 Å². The van der Waals surface area contributed by atoms with Gasteiger partial charge in [-0.1, -0.05) is 48.0 Å². The fourth-order valence-corrected chi connectivity index (χ4v) is 4.58. The highest BCUT2D eigenvalue weighted by atomic mass is 16.5. The number of aromatic nitrogens is 1. The second-order valence-corrected chi connectivity index (χ2v) is 8.97. The molecular formula is C29H27N3O5. The summed E-state index contributed by atoms with van der Waals surface area (Å²) in [5.74, 6) is -0.466. The summed E-state index contributed by atoms with van der Waals surface area (Å²) in [6, 6.07) is 18.7. The van der Waals surface area contributed by atoms with E-state index in [1.165, 1.54) is 12.1 Å². The van der Waals surface area contributed by atoms with Crippen molar-refractivity contribution in [2.45, 2.75) is 32.9 Å². The molecule has 1 aliphatic rings. The molecule has 0 spiro atoms. The van der Waals surface area contributed by atoms with Crippen LogP contribution >= 0.6 is 0 Å². The Morgan fingerprint density at radius 2 is 1.84 bits per heavy atom. The third kappa shape index (κ3) is 4.88. The zero-order valence-corrected chi connectivity index (χ0v) is 20.9. The van der Waals surface area contributed by atoms with Crippen LogP contribution in [0.25, 0.3) is 10.9 Å². The van der Waals surface area contributed by atoms with Gasteiger partial charge in [0.25, 0.3) is 5.91 Å². The van der Waals surface area contributed by atoms with Crippen molar-refractivity contribution in [3.63, 3.8) is 0 Å². The van der Waals surface area contributed by atoms with Crippen molar-refractivity contribution in [3.8, 4) is 0 Å². The predicted molar refractivity (Wildman–Crippen MR) is 138 cm³/mol. The average molecular weight is 498 g/mol. The van der Waals surface area contributed by atoms with Gasteiger partial charge in [0, 0.05) is 18.9 Å². The molecule has 1 amide bonds. The number of benzene rings is 2. The summed E-state index contributed by atoms with van der Waals surface area (Å²) in [7, 11) is 1.54. The van der Waals surface area contributed by atoms with E-state index in [1.54, 1.807) is 12.3 Å². The number of carbonyl (C=O) groups is 2. The number of methoxy groups -OCH3 is 1. The minimum Gasteiger partial charge on any atom is -0.467 e. The highest BCUT2D eigenvalue weighted by molar-refractivity contribution is 6.03. The molecule has 1 aliphatic heterocycles. The van der Waals surface area contributed by atoms with Crippen LogP contribution in [-0.2, 0) is 20.9 Å². The van der Waals surface area contributed by atoms with Gasteiger partial charge in [-0.2, -0.15) is 5.10 Å². The molecule has 8 nitrogen and oxygen atoms in total. The van der Waals surface area contributed by atoms with E-state index in [1.807, 2.05) is 68.4 Å². The molecule has 0 aliphatic carbocycles. The second-order valence-electron chi connectivity index (χ2n) is 8.97. The maximum Gasteiger partial charge on any atom is 0.340 e. The second kappa shape index (κ2) is 10.4. The molecule has 0 bridgehead atoms. The maximum absolute atomic E-state index is 13.3. The predicted octanol–water partition coefficient (Wildman–Crippen LogP) is 5.13. The number of rotatable bonds is 7. The summed E-state index contributed by atoms with van der Waals surface area (Å²) in [6.45, 7) is 3.52. The summed E-state index contributed by atoms with van der Waals surface area (Å²) < 4.78 is 16.4. The Labute approximate surface area is 214 Å². The summed E-state index contributed by atoms with van der Waals surface area (Å²) in [6.07, 6.45) is 2.05. The summed E-state index contributed by atoms with van der Waals surface area (Å²) >= 11 is 0. The number of hydrogen-bond donors (Lipinski definition) is 0. The molecule has 188 valence electrons. The first-order valence-electron chi connectivity index (χ1n) is 12.0. The number of carbonyl (C=O) groups excluding carboxylic acids is 2. The number of ether oxygens (including phenoxy) is 2. The largest absolute Gasteiger partial charge is 0.467 e. The van der Waals surface area contributed by atoms with E-state index in [0.29, 0.717) is 23.4 Å². The molecule has 1 unspecified atom stereocenters. The summed E-state index contributed by atoms with van der Waals surface area (Å²) in [5, 5.41) is 6.79. The Kier molecular flexibility index (Phi) is 6.83. The van der Waals surface area contributed by atoms with Gasteiger partial charge in [-0.05, 0) is 43.2 Å². The van der Waals surface area contributed by atoms with Crippen LogP contribution in [0.5, 0.6) is 0 Å². The molecule has 3 heterocycles. The minimum atomic E-state index is -0.632. The van der Waals surface area contributed by atoms with Crippen LogP contribution in [0.4, 0.5) is 0 Å². The van der Waals surface area contributed by atoms with Gasteiger partial charge in [0.05, 0.1) is 35.4 Å². The molecule has 2 aromatic heterocycles. The molecule has 2 aromatic carbocycles. The third-order valence-corrected chi connectivity index (χ3v) is 6.46. The monoisotopic (exact) mass is 497 g/mol. The number of pyridine rings is 1. The lowest BCUT2D eigenvalue weighted by atomic mass is 10.0. The van der Waals surface area contributed by atoms with Gasteiger partial charge in [-0.15, -0.1) is 0 Å². The van der Waals surface area contributed by atoms with E-state index in [4.69, 9.17) is 13.9 Å². The van der Waals surface area contributed by atoms with Crippen molar-refractivity contribution in [2.75, 3.05) is 13.7 Å². The average Bonchev–Trinajstić information content (AvgIpc) is 3.58. The molecule has 8 heteroatoms. The number of nitrogens with zero attached hydrogens (tertiary/aromatic N) is 3. The van der Waals surface area contributed by atoms with Crippen molar-refractivity contribution in [3.05, 3.63) is 101 Å². The van der Waals surface area contributed by atoms with Gasteiger partial charge in [0.15, 0.2) is 6.61 Å². The Bertz CT molecular complexity index is 1480. The number of esters is 1. The number of furan rings is 1. The van der Waals surface area contributed by atoms with Crippen molar-refractivity contribution in [1.82, 2.24) is 9.99 Å². The van der Waals surface area contributed by atoms with Crippen LogP contribution in [0.1, 0.15) is 51.0 Å². The van der Waals surface area contributed by atoms with Crippen LogP contribution in [0, 0.1) is 13.8 Å². The number of hydrogen-bond acceptors (Lipinski definition) is 7. The molecular weight excluding hydrogens is 470 g/mol. The fourth-order valence-electron chi connectivity index (χ4n) is 4.58. The summed E-state index contributed by atoms with van der Waals surface area (Å²) in [5.41, 5.74) is 5.08. The molecule has 4 aromatic rings. The molecule has 0 fully saturated rings. The third-order valence-electron chi connectivity index (χ3n) is 6.46. The van der Waals surface area contributed by atoms with E-state index in [9.17, 15) is 9.59 Å². The van der Waals surface area contributed by atoms with Crippen LogP contribution in [0.15, 0.2) is 76.4 Å². The number of para-hydroxylation sites is 1. The highest BCUT2D eigenvalue weighted by Crippen LogP contribution is 2.33. The van der Waals surface area contributed by atoms with Gasteiger partial charge in [-0.25, -0.2) is 14.8 Å². The van der Waals surface area contributed by atoms with Crippen molar-refractivity contribution in [1.29, 1.82) is 0 Å². The van der Waals surface area contributed by atoms with Gasteiger partial charge in [0.2, 0.25) is 0 Å². The first-order valence-corrected chi connectivity index (χ1v) is 12.0. The SMILES string of the molecule is COCc1nc2ccccc2c(C)c1C(=O)OCC(=O)N1N=C(c2ccc(C)cc2)CC1c1ccco1. The van der Waals surface area contributed by atoms with Crippen LogP contribution in [0.2, 0.25) is 0 Å². The summed E-state index contributed by atoms with van der Waals surface area (Å²) in [4.78, 5) is 31.1. The number of fused-ring (bicyclic) bond motifs is 1. The zero-order valence-electron chi connectivity index (χ0n) is 20.9. The van der Waals surface area contributed by atoms with Crippen LogP contribution in [0.3, 0.4) is 0 Å². The number of amides is 1. The van der Waals surface area contributed by atoms with Crippen molar-refractivity contribution < 1.29 is 23.5 Å². The van der Waals surface area contributed by atoms with Gasteiger partial charge >= 0.3 is 5.97 Å². The molecule has 0 saturated heterocycles. The van der Waals surface area contributed by atoms with E-state index < -0.39 is 24.5 Å². The van der Waals surface area contributed by atoms with E-state index in [-0.39, 0.29) is 6.61 Å². The first kappa shape index (κ1) is 24.4. The first-order chi connectivity index (χ1) is 18.0. The molecule has 0 N–H and O–H groups in total.